The van der Waals surface area contributed by atoms with Crippen LogP contribution in [-0.2, 0) is 11.2 Å². The van der Waals surface area contributed by atoms with Gasteiger partial charge in [0, 0.05) is 29.5 Å². The van der Waals surface area contributed by atoms with Crippen LogP contribution in [0.15, 0.2) is 42.1 Å². The Morgan fingerprint density at radius 1 is 1.41 bits per heavy atom. The smallest absolute Gasteiger partial charge is 0.320 e. The van der Waals surface area contributed by atoms with Crippen LogP contribution in [-0.4, -0.2) is 33.5 Å². The summed E-state index contributed by atoms with van der Waals surface area (Å²) >= 11 is 5.64. The van der Waals surface area contributed by atoms with Gasteiger partial charge in [0.2, 0.25) is 0 Å². The van der Waals surface area contributed by atoms with Gasteiger partial charge in [0.05, 0.1) is 5.52 Å². The number of hydrogen-bond donors (Lipinski definition) is 2. The van der Waals surface area contributed by atoms with Crippen molar-refractivity contribution < 1.29 is 14.7 Å². The van der Waals surface area contributed by atoms with Crippen LogP contribution in [0.3, 0.4) is 0 Å². The Balaban J connectivity index is 2.50. The second-order valence-corrected chi connectivity index (χ2v) is 5.35. The van der Waals surface area contributed by atoms with E-state index in [0.29, 0.717) is 5.57 Å². The van der Waals surface area contributed by atoms with E-state index in [1.165, 1.54) is 4.57 Å². The summed E-state index contributed by atoms with van der Waals surface area (Å²) in [6, 6.07) is 6.33. The van der Waals surface area contributed by atoms with Crippen LogP contribution >= 0.6 is 11.6 Å². The van der Waals surface area contributed by atoms with Crippen LogP contribution in [0.5, 0.6) is 0 Å². The minimum Gasteiger partial charge on any atom is -0.480 e. The zero-order valence-electron chi connectivity index (χ0n) is 12.1. The van der Waals surface area contributed by atoms with Crippen molar-refractivity contribution >= 4 is 34.4 Å². The number of allylic oxidation sites excluding steroid dienone is 2. The molecule has 2 rings (SSSR count). The first-order valence-electron chi connectivity index (χ1n) is 6.80. The van der Waals surface area contributed by atoms with Gasteiger partial charge in [-0.25, -0.2) is 0 Å². The van der Waals surface area contributed by atoms with Gasteiger partial charge < -0.3 is 10.8 Å². The van der Waals surface area contributed by atoms with E-state index in [0.717, 1.165) is 16.5 Å². The Morgan fingerprint density at radius 2 is 2.09 bits per heavy atom. The zero-order valence-corrected chi connectivity index (χ0v) is 12.9. The molecule has 22 heavy (non-hydrogen) atoms. The lowest BCUT2D eigenvalue weighted by atomic mass is 10.1. The molecule has 0 aliphatic carbocycles. The predicted molar refractivity (Wildman–Crippen MR) is 86.4 cm³/mol. The first kappa shape index (κ1) is 16.3. The molecule has 6 heteroatoms. The molecular formula is C16H17ClN2O3. The van der Waals surface area contributed by atoms with E-state index in [1.54, 1.807) is 19.2 Å². The molecule has 0 aliphatic heterocycles. The second-order valence-electron chi connectivity index (χ2n) is 5.04. The van der Waals surface area contributed by atoms with Gasteiger partial charge >= 0.3 is 5.97 Å². The SMILES string of the molecule is C/C(=C\CCl)C(=O)n1cc(CC(N)C(=O)O)c2ccccc21. The third-order valence-corrected chi connectivity index (χ3v) is 3.65. The third kappa shape index (κ3) is 3.21. The first-order chi connectivity index (χ1) is 10.5. The molecule has 0 saturated heterocycles. The van der Waals surface area contributed by atoms with E-state index in [9.17, 15) is 9.59 Å². The second kappa shape index (κ2) is 6.77. The van der Waals surface area contributed by atoms with Gasteiger partial charge in [-0.15, -0.1) is 11.6 Å². The fraction of sp³-hybridized carbons (Fsp3) is 0.250. The Labute approximate surface area is 133 Å². The predicted octanol–water partition coefficient (Wildman–Crippen LogP) is 2.42. The fourth-order valence-electron chi connectivity index (χ4n) is 2.30. The molecule has 0 fully saturated rings. The Kier molecular flexibility index (Phi) is 5.00. The van der Waals surface area contributed by atoms with Crippen molar-refractivity contribution in [2.24, 2.45) is 5.73 Å². The Morgan fingerprint density at radius 3 is 2.73 bits per heavy atom. The lowest BCUT2D eigenvalue weighted by Crippen LogP contribution is -2.32. The molecule has 116 valence electrons. The molecule has 0 radical (unpaired) electrons. The summed E-state index contributed by atoms with van der Waals surface area (Å²) in [7, 11) is 0. The van der Waals surface area contributed by atoms with Gasteiger partial charge in [-0.05, 0) is 18.6 Å². The Bertz CT molecular complexity index is 749. The number of hydrogen-bond acceptors (Lipinski definition) is 3. The van der Waals surface area contributed by atoms with E-state index in [1.807, 2.05) is 24.3 Å². The molecule has 1 atom stereocenters. The van der Waals surface area contributed by atoms with E-state index in [2.05, 4.69) is 0 Å². The van der Waals surface area contributed by atoms with Gasteiger partial charge in [-0.1, -0.05) is 24.3 Å². The quantitative estimate of drug-likeness (QED) is 0.654. The fourth-order valence-corrected chi connectivity index (χ4v) is 2.53. The molecule has 3 N–H and O–H groups in total. The number of carboxylic acid groups (broad SMARTS) is 1. The summed E-state index contributed by atoms with van der Waals surface area (Å²) in [5, 5.41) is 9.79. The maximum Gasteiger partial charge on any atom is 0.320 e. The molecule has 1 aromatic heterocycles. The summed E-state index contributed by atoms with van der Waals surface area (Å²) in [6.45, 7) is 1.70. The maximum atomic E-state index is 12.5. The van der Waals surface area contributed by atoms with E-state index >= 15 is 0 Å². The van der Waals surface area contributed by atoms with Crippen molar-refractivity contribution in [2.75, 3.05) is 5.88 Å². The van der Waals surface area contributed by atoms with Crippen molar-refractivity contribution in [1.82, 2.24) is 4.57 Å². The van der Waals surface area contributed by atoms with Gasteiger partial charge in [0.1, 0.15) is 6.04 Å². The normalized spacial score (nSPS) is 13.3. The molecule has 1 unspecified atom stereocenters. The molecule has 1 heterocycles. The molecule has 0 spiro atoms. The topological polar surface area (TPSA) is 85.3 Å². The minimum absolute atomic E-state index is 0.161. The van der Waals surface area contributed by atoms with Gasteiger partial charge in [-0.3, -0.25) is 14.2 Å². The number of alkyl halides is 1. The number of carbonyl (C=O) groups excluding carboxylic acids is 1. The molecular weight excluding hydrogens is 304 g/mol. The van der Waals surface area contributed by atoms with Crippen molar-refractivity contribution in [3.63, 3.8) is 0 Å². The van der Waals surface area contributed by atoms with E-state index < -0.39 is 12.0 Å². The van der Waals surface area contributed by atoms with Crippen LogP contribution in [0.1, 0.15) is 17.3 Å². The summed E-state index contributed by atoms with van der Waals surface area (Å²) in [5.74, 6) is -0.999. The molecule has 0 bridgehead atoms. The molecule has 0 saturated carbocycles. The van der Waals surface area contributed by atoms with Gasteiger partial charge in [0.15, 0.2) is 0 Å². The highest BCUT2D eigenvalue weighted by Crippen LogP contribution is 2.23. The standard InChI is InChI=1S/C16H17ClN2O3/c1-10(6-7-17)15(20)19-9-11(8-13(18)16(21)22)12-4-2-3-5-14(12)19/h2-6,9,13H,7-8,18H2,1H3,(H,21,22)/b10-6+. The number of benzene rings is 1. The number of nitrogens with zero attached hydrogens (tertiary/aromatic N) is 1. The van der Waals surface area contributed by atoms with Gasteiger partial charge in [-0.2, -0.15) is 0 Å². The van der Waals surface area contributed by atoms with Crippen molar-refractivity contribution in [1.29, 1.82) is 0 Å². The number of aromatic nitrogens is 1. The Hall–Kier alpha value is -2.11. The maximum absolute atomic E-state index is 12.5. The summed E-state index contributed by atoms with van der Waals surface area (Å²) in [6.07, 6.45) is 3.46. The summed E-state index contributed by atoms with van der Waals surface area (Å²) in [4.78, 5) is 23.4. The number of fused-ring (bicyclic) bond motifs is 1. The van der Waals surface area contributed by atoms with Crippen LogP contribution in [0.4, 0.5) is 0 Å². The highest BCUT2D eigenvalue weighted by Gasteiger charge is 2.19. The van der Waals surface area contributed by atoms with Crippen LogP contribution in [0, 0.1) is 0 Å². The van der Waals surface area contributed by atoms with Crippen LogP contribution in [0.25, 0.3) is 10.9 Å². The van der Waals surface area contributed by atoms with Crippen LogP contribution in [0.2, 0.25) is 0 Å². The van der Waals surface area contributed by atoms with E-state index in [4.69, 9.17) is 22.4 Å². The molecule has 2 aromatic rings. The monoisotopic (exact) mass is 320 g/mol. The first-order valence-corrected chi connectivity index (χ1v) is 7.34. The van der Waals surface area contributed by atoms with Crippen molar-refractivity contribution in [3.05, 3.63) is 47.7 Å². The number of carboxylic acids is 1. The van der Waals surface area contributed by atoms with E-state index in [-0.39, 0.29) is 18.2 Å². The number of halogens is 1. The average molecular weight is 321 g/mol. The lowest BCUT2D eigenvalue weighted by Gasteiger charge is -2.04. The molecule has 0 aliphatic rings. The summed E-state index contributed by atoms with van der Waals surface area (Å²) < 4.78 is 1.51. The number of nitrogens with two attached hydrogens (primary N) is 1. The number of carbonyl (C=O) groups is 2. The van der Waals surface area contributed by atoms with Crippen LogP contribution < -0.4 is 5.73 Å². The molecule has 0 amide bonds. The lowest BCUT2D eigenvalue weighted by molar-refractivity contribution is -0.138. The highest BCUT2D eigenvalue weighted by molar-refractivity contribution is 6.19. The number of rotatable bonds is 5. The van der Waals surface area contributed by atoms with Crippen molar-refractivity contribution in [3.8, 4) is 0 Å². The zero-order chi connectivity index (χ0) is 16.3. The van der Waals surface area contributed by atoms with Crippen molar-refractivity contribution in [2.45, 2.75) is 19.4 Å². The number of para-hydroxylation sites is 1. The highest BCUT2D eigenvalue weighted by atomic mass is 35.5. The average Bonchev–Trinajstić information content (AvgIpc) is 2.85. The molecule has 1 aromatic carbocycles. The van der Waals surface area contributed by atoms with Gasteiger partial charge in [0.25, 0.3) is 5.91 Å². The largest absolute Gasteiger partial charge is 0.480 e. The number of aliphatic carboxylic acids is 1. The minimum atomic E-state index is -1.07. The summed E-state index contributed by atoms with van der Waals surface area (Å²) in [5.41, 5.74) is 7.60. The third-order valence-electron chi connectivity index (χ3n) is 3.49. The molecule has 5 nitrogen and oxygen atoms in total.